The Balaban J connectivity index is 1.72. The molecule has 166 valence electrons. The van der Waals surface area contributed by atoms with Crippen LogP contribution < -0.4 is 15.6 Å². The molecule has 0 atom stereocenters. The quantitative estimate of drug-likeness (QED) is 0.455. The highest BCUT2D eigenvalue weighted by Gasteiger charge is 2.39. The van der Waals surface area contributed by atoms with Gasteiger partial charge in [0.25, 0.3) is 5.56 Å². The molecule has 0 radical (unpaired) electrons. The van der Waals surface area contributed by atoms with E-state index in [2.05, 4.69) is 15.4 Å². The van der Waals surface area contributed by atoms with Crippen LogP contribution in [0.1, 0.15) is 17.0 Å². The minimum Gasteiger partial charge on any atom is -0.497 e. The number of halogens is 3. The van der Waals surface area contributed by atoms with Crippen molar-refractivity contribution in [3.63, 3.8) is 0 Å². The van der Waals surface area contributed by atoms with Gasteiger partial charge in [0.05, 0.1) is 12.7 Å². The fourth-order valence-electron chi connectivity index (χ4n) is 3.66. The van der Waals surface area contributed by atoms with E-state index in [0.29, 0.717) is 35.5 Å². The molecular weight excluding hydrogens is 421 g/mol. The van der Waals surface area contributed by atoms with Crippen LogP contribution in [0.4, 0.5) is 18.9 Å². The van der Waals surface area contributed by atoms with Crippen LogP contribution in [0.15, 0.2) is 59.4 Å². The zero-order chi connectivity index (χ0) is 22.9. The lowest BCUT2D eigenvalue weighted by Gasteiger charge is -2.10. The molecule has 0 saturated carbocycles. The van der Waals surface area contributed by atoms with Crippen molar-refractivity contribution in [3.8, 4) is 16.9 Å². The van der Waals surface area contributed by atoms with Crippen LogP contribution in [0.3, 0.4) is 0 Å². The highest BCUT2D eigenvalue weighted by atomic mass is 19.4. The van der Waals surface area contributed by atoms with Gasteiger partial charge in [0.15, 0.2) is 5.69 Å². The van der Waals surface area contributed by atoms with E-state index in [9.17, 15) is 18.0 Å². The molecule has 2 aromatic carbocycles. The molecule has 4 rings (SSSR count). The summed E-state index contributed by atoms with van der Waals surface area (Å²) in [4.78, 5) is 16.1. The van der Waals surface area contributed by atoms with Gasteiger partial charge in [-0.15, -0.1) is 0 Å². The van der Waals surface area contributed by atoms with Crippen molar-refractivity contribution in [1.82, 2.24) is 14.6 Å². The number of H-pyrrole nitrogens is 1. The lowest BCUT2D eigenvalue weighted by Crippen LogP contribution is -2.24. The standard InChI is InChI=1S/C23H21F3N4O2/c1-14-18(11-12-27-16-9-6-10-17(13-16)32-2)22(31)30-21(28-14)19(15-7-4-3-5-8-15)20(29-30)23(24,25)26/h3-10,13,27-28H,11-12H2,1-2H3. The van der Waals surface area contributed by atoms with E-state index in [1.54, 1.807) is 44.4 Å². The maximum atomic E-state index is 13.7. The number of hydrogen-bond donors (Lipinski definition) is 2. The van der Waals surface area contributed by atoms with E-state index >= 15 is 0 Å². The monoisotopic (exact) mass is 442 g/mol. The molecule has 2 aromatic heterocycles. The third-order valence-electron chi connectivity index (χ3n) is 5.20. The van der Waals surface area contributed by atoms with Gasteiger partial charge in [-0.05, 0) is 31.0 Å². The largest absolute Gasteiger partial charge is 0.497 e. The van der Waals surface area contributed by atoms with E-state index in [1.807, 2.05) is 24.3 Å². The van der Waals surface area contributed by atoms with Crippen molar-refractivity contribution in [1.29, 1.82) is 0 Å². The van der Waals surface area contributed by atoms with Crippen molar-refractivity contribution < 1.29 is 17.9 Å². The zero-order valence-electron chi connectivity index (χ0n) is 17.5. The number of fused-ring (bicyclic) bond motifs is 1. The summed E-state index contributed by atoms with van der Waals surface area (Å²) in [7, 11) is 1.57. The van der Waals surface area contributed by atoms with Gasteiger partial charge in [0.1, 0.15) is 11.4 Å². The number of nitrogens with one attached hydrogen (secondary N) is 2. The normalized spacial score (nSPS) is 11.7. The maximum absolute atomic E-state index is 13.7. The third kappa shape index (κ3) is 4.05. The predicted octanol–water partition coefficient (Wildman–Crippen LogP) is 4.68. The first-order valence-corrected chi connectivity index (χ1v) is 9.94. The summed E-state index contributed by atoms with van der Waals surface area (Å²) in [6, 6.07) is 15.4. The van der Waals surface area contributed by atoms with E-state index in [-0.39, 0.29) is 11.2 Å². The van der Waals surface area contributed by atoms with E-state index in [0.717, 1.165) is 10.2 Å². The zero-order valence-corrected chi connectivity index (χ0v) is 17.5. The number of hydrogen-bond acceptors (Lipinski definition) is 4. The summed E-state index contributed by atoms with van der Waals surface area (Å²) < 4.78 is 47.2. The van der Waals surface area contributed by atoms with Crippen LogP contribution in [-0.4, -0.2) is 28.3 Å². The Labute approximate surface area is 181 Å². The Hall–Kier alpha value is -3.75. The Morgan fingerprint density at radius 1 is 1.12 bits per heavy atom. The fraction of sp³-hybridized carbons (Fsp3) is 0.217. The second-order valence-corrected chi connectivity index (χ2v) is 7.29. The molecule has 0 aliphatic heterocycles. The smallest absolute Gasteiger partial charge is 0.435 e. The van der Waals surface area contributed by atoms with Gasteiger partial charge < -0.3 is 15.0 Å². The molecule has 0 amide bonds. The number of rotatable bonds is 6. The van der Waals surface area contributed by atoms with E-state index < -0.39 is 17.4 Å². The number of methoxy groups -OCH3 is 1. The summed E-state index contributed by atoms with van der Waals surface area (Å²) in [5, 5.41) is 6.86. The van der Waals surface area contributed by atoms with Crippen molar-refractivity contribution in [2.45, 2.75) is 19.5 Å². The molecule has 2 N–H and O–H groups in total. The average molecular weight is 442 g/mol. The SMILES string of the molecule is COc1cccc(NCCc2c(C)[nH]c3c(-c4ccccc4)c(C(F)(F)F)nn3c2=O)c1. The third-order valence-corrected chi connectivity index (χ3v) is 5.20. The van der Waals surface area contributed by atoms with Crippen molar-refractivity contribution in [3.05, 3.63) is 81.9 Å². The highest BCUT2D eigenvalue weighted by molar-refractivity contribution is 5.80. The number of nitrogens with zero attached hydrogens (tertiary/aromatic N) is 2. The summed E-state index contributed by atoms with van der Waals surface area (Å²) in [5.74, 6) is 0.690. The second kappa shape index (κ2) is 8.41. The molecule has 2 heterocycles. The summed E-state index contributed by atoms with van der Waals surface area (Å²) >= 11 is 0. The van der Waals surface area contributed by atoms with Gasteiger partial charge in [-0.3, -0.25) is 4.79 Å². The average Bonchev–Trinajstić information content (AvgIpc) is 3.17. The molecule has 0 bridgehead atoms. The van der Waals surface area contributed by atoms with Crippen LogP contribution in [0.2, 0.25) is 0 Å². The molecule has 4 aromatic rings. The van der Waals surface area contributed by atoms with Crippen LogP contribution in [-0.2, 0) is 12.6 Å². The van der Waals surface area contributed by atoms with Crippen LogP contribution in [0, 0.1) is 6.92 Å². The molecular formula is C23H21F3N4O2. The minimum absolute atomic E-state index is 0.0236. The van der Waals surface area contributed by atoms with Crippen molar-refractivity contribution >= 4 is 11.3 Å². The van der Waals surface area contributed by atoms with E-state index in [1.165, 1.54) is 0 Å². The topological polar surface area (TPSA) is 71.4 Å². The van der Waals surface area contributed by atoms with Crippen molar-refractivity contribution in [2.75, 3.05) is 19.0 Å². The Kier molecular flexibility index (Phi) is 5.65. The number of alkyl halides is 3. The molecule has 0 spiro atoms. The lowest BCUT2D eigenvalue weighted by molar-refractivity contribution is -0.140. The molecule has 0 fully saturated rings. The van der Waals surface area contributed by atoms with Crippen molar-refractivity contribution in [2.24, 2.45) is 0 Å². The fourth-order valence-corrected chi connectivity index (χ4v) is 3.66. The first-order chi connectivity index (χ1) is 15.3. The molecule has 32 heavy (non-hydrogen) atoms. The molecule has 0 unspecified atom stereocenters. The number of aromatic nitrogens is 3. The summed E-state index contributed by atoms with van der Waals surface area (Å²) in [6.45, 7) is 2.08. The molecule has 6 nitrogen and oxygen atoms in total. The van der Waals surface area contributed by atoms with Crippen LogP contribution >= 0.6 is 0 Å². The van der Waals surface area contributed by atoms with Gasteiger partial charge in [0.2, 0.25) is 0 Å². The van der Waals surface area contributed by atoms with Gasteiger partial charge in [-0.1, -0.05) is 36.4 Å². The highest BCUT2D eigenvalue weighted by Crippen LogP contribution is 2.38. The van der Waals surface area contributed by atoms with Gasteiger partial charge in [-0.25, -0.2) is 0 Å². The number of benzene rings is 2. The lowest BCUT2D eigenvalue weighted by atomic mass is 10.1. The van der Waals surface area contributed by atoms with Crippen LogP contribution in [0.5, 0.6) is 5.75 Å². The van der Waals surface area contributed by atoms with Crippen LogP contribution in [0.25, 0.3) is 16.8 Å². The first-order valence-electron chi connectivity index (χ1n) is 9.94. The van der Waals surface area contributed by atoms with Gasteiger partial charge in [-0.2, -0.15) is 22.8 Å². The molecule has 9 heteroatoms. The predicted molar refractivity (Wildman–Crippen MR) is 116 cm³/mol. The minimum atomic E-state index is -4.71. The number of anilines is 1. The summed E-state index contributed by atoms with van der Waals surface area (Å²) in [6.07, 6.45) is -4.41. The molecule has 0 aliphatic rings. The first kappa shape index (κ1) is 21.5. The maximum Gasteiger partial charge on any atom is 0.435 e. The number of ether oxygens (including phenoxy) is 1. The Morgan fingerprint density at radius 3 is 2.56 bits per heavy atom. The Bertz CT molecular complexity index is 1310. The summed E-state index contributed by atoms with van der Waals surface area (Å²) in [5.41, 5.74) is 0.223. The second-order valence-electron chi connectivity index (χ2n) is 7.29. The number of aryl methyl sites for hydroxylation is 1. The van der Waals surface area contributed by atoms with Gasteiger partial charge in [0, 0.05) is 29.6 Å². The molecule has 0 saturated heterocycles. The Morgan fingerprint density at radius 2 is 1.88 bits per heavy atom. The molecule has 0 aliphatic carbocycles. The van der Waals surface area contributed by atoms with Gasteiger partial charge >= 0.3 is 6.18 Å². The number of aromatic amines is 1. The van der Waals surface area contributed by atoms with E-state index in [4.69, 9.17) is 4.74 Å².